The van der Waals surface area contributed by atoms with Crippen molar-refractivity contribution in [1.29, 1.82) is 0 Å². The Balaban J connectivity index is 2.54. The minimum Gasteiger partial charge on any atom is -0.276 e. The van der Waals surface area contributed by atoms with Gasteiger partial charge in [-0.3, -0.25) is 16.0 Å². The van der Waals surface area contributed by atoms with Gasteiger partial charge in [-0.1, -0.05) is 0 Å². The highest BCUT2D eigenvalue weighted by molar-refractivity contribution is 5.01. The van der Waals surface area contributed by atoms with Crippen LogP contribution in [0, 0.1) is 0 Å². The molecule has 3 N–H and O–H groups in total. The van der Waals surface area contributed by atoms with E-state index in [-0.39, 0.29) is 6.42 Å². The van der Waals surface area contributed by atoms with Crippen LogP contribution in [0.3, 0.4) is 0 Å². The number of halogens is 3. The molecule has 4 nitrogen and oxygen atoms in total. The number of nitrogens with zero attached hydrogens (tertiary/aromatic N) is 2. The molecule has 1 aromatic rings. The van der Waals surface area contributed by atoms with Crippen molar-refractivity contribution in [2.75, 3.05) is 0 Å². The zero-order valence-electron chi connectivity index (χ0n) is 8.25. The van der Waals surface area contributed by atoms with Crippen LogP contribution in [0.5, 0.6) is 0 Å². The Kier molecular flexibility index (Phi) is 3.70. The summed E-state index contributed by atoms with van der Waals surface area (Å²) < 4.78 is 37.8. The molecule has 0 aliphatic carbocycles. The summed E-state index contributed by atoms with van der Waals surface area (Å²) in [5.74, 6) is 5.05. The molecule has 0 bridgehead atoms. The molecule has 0 radical (unpaired) electrons. The highest BCUT2D eigenvalue weighted by atomic mass is 19.4. The summed E-state index contributed by atoms with van der Waals surface area (Å²) in [5, 5.41) is 3.98. The maximum atomic E-state index is 12.1. The summed E-state index contributed by atoms with van der Waals surface area (Å²) in [6.45, 7) is 0. The molecule has 0 fully saturated rings. The summed E-state index contributed by atoms with van der Waals surface area (Å²) in [4.78, 5) is 0. The number of nitrogens with one attached hydrogen (secondary N) is 1. The first-order chi connectivity index (χ1) is 6.90. The smallest absolute Gasteiger partial charge is 0.276 e. The Hall–Kier alpha value is -1.08. The normalized spacial score (nSPS) is 14.2. The zero-order chi connectivity index (χ0) is 11.5. The van der Waals surface area contributed by atoms with Crippen molar-refractivity contribution >= 4 is 0 Å². The molecule has 0 saturated carbocycles. The monoisotopic (exact) mass is 222 g/mol. The molecule has 1 atom stereocenters. The van der Waals surface area contributed by atoms with Crippen molar-refractivity contribution in [3.63, 3.8) is 0 Å². The molecule has 1 aromatic heterocycles. The van der Waals surface area contributed by atoms with Crippen molar-refractivity contribution in [3.8, 4) is 0 Å². The highest BCUT2D eigenvalue weighted by Crippen LogP contribution is 2.22. The Labute approximate surface area is 85.2 Å². The first kappa shape index (κ1) is 12.0. The number of rotatable bonds is 4. The molecule has 15 heavy (non-hydrogen) atoms. The lowest BCUT2D eigenvalue weighted by Gasteiger charge is -2.16. The van der Waals surface area contributed by atoms with Gasteiger partial charge in [0.2, 0.25) is 0 Å². The first-order valence-corrected chi connectivity index (χ1v) is 4.42. The fraction of sp³-hybridized carbons (Fsp3) is 0.625. The topological polar surface area (TPSA) is 55.9 Å². The van der Waals surface area contributed by atoms with Crippen LogP contribution in [-0.4, -0.2) is 22.0 Å². The summed E-state index contributed by atoms with van der Waals surface area (Å²) in [6.07, 6.45) is -3.33. The van der Waals surface area contributed by atoms with Crippen LogP contribution in [0.15, 0.2) is 12.3 Å². The van der Waals surface area contributed by atoms with E-state index in [4.69, 9.17) is 5.84 Å². The lowest BCUT2D eigenvalue weighted by Crippen LogP contribution is -2.40. The molecule has 7 heteroatoms. The third-order valence-corrected chi connectivity index (χ3v) is 1.94. The van der Waals surface area contributed by atoms with E-state index in [9.17, 15) is 13.2 Å². The van der Waals surface area contributed by atoms with Crippen LogP contribution in [-0.2, 0) is 13.5 Å². The zero-order valence-corrected chi connectivity index (χ0v) is 8.25. The van der Waals surface area contributed by atoms with Crippen LogP contribution in [0.1, 0.15) is 12.1 Å². The molecular formula is C8H13F3N4. The second-order valence-corrected chi connectivity index (χ2v) is 3.37. The average Bonchev–Trinajstić information content (AvgIpc) is 2.47. The minimum atomic E-state index is -4.22. The highest BCUT2D eigenvalue weighted by Gasteiger charge is 2.31. The molecule has 1 unspecified atom stereocenters. The molecule has 1 rings (SSSR count). The summed E-state index contributed by atoms with van der Waals surface area (Å²) >= 11 is 0. The maximum Gasteiger partial charge on any atom is 0.390 e. The first-order valence-electron chi connectivity index (χ1n) is 4.42. The van der Waals surface area contributed by atoms with Crippen LogP contribution in [0.2, 0.25) is 0 Å². The summed E-state index contributed by atoms with van der Waals surface area (Å²) in [6, 6.07) is 0.834. The van der Waals surface area contributed by atoms with Gasteiger partial charge in [0, 0.05) is 25.7 Å². The van der Waals surface area contributed by atoms with Gasteiger partial charge < -0.3 is 0 Å². The van der Waals surface area contributed by atoms with Crippen molar-refractivity contribution in [3.05, 3.63) is 18.0 Å². The largest absolute Gasteiger partial charge is 0.390 e. The fourth-order valence-corrected chi connectivity index (χ4v) is 1.29. The van der Waals surface area contributed by atoms with Gasteiger partial charge >= 0.3 is 6.18 Å². The van der Waals surface area contributed by atoms with Gasteiger partial charge in [-0.25, -0.2) is 0 Å². The second-order valence-electron chi connectivity index (χ2n) is 3.37. The molecule has 0 aliphatic rings. The minimum absolute atomic E-state index is 0.164. The number of hydrogen-bond donors (Lipinski definition) is 2. The standard InChI is InChI=1S/C8H13F3N4/c1-15-3-2-6(14-15)4-7(13-12)5-8(9,10)11/h2-3,7,13H,4-5,12H2,1H3. The van der Waals surface area contributed by atoms with Crippen LogP contribution < -0.4 is 11.3 Å². The maximum absolute atomic E-state index is 12.1. The molecule has 0 spiro atoms. The van der Waals surface area contributed by atoms with E-state index in [1.807, 2.05) is 0 Å². The molecule has 1 heterocycles. The van der Waals surface area contributed by atoms with E-state index in [1.165, 1.54) is 4.68 Å². The number of hydrogen-bond acceptors (Lipinski definition) is 3. The molecule has 0 aromatic carbocycles. The molecule has 0 aliphatic heterocycles. The van der Waals surface area contributed by atoms with Gasteiger partial charge in [0.05, 0.1) is 12.1 Å². The van der Waals surface area contributed by atoms with Gasteiger partial charge in [0.25, 0.3) is 0 Å². The van der Waals surface area contributed by atoms with Gasteiger partial charge in [-0.15, -0.1) is 0 Å². The van der Waals surface area contributed by atoms with E-state index in [0.717, 1.165) is 0 Å². The van der Waals surface area contributed by atoms with Crippen LogP contribution in [0.4, 0.5) is 13.2 Å². The third kappa shape index (κ3) is 4.30. The third-order valence-electron chi connectivity index (χ3n) is 1.94. The van der Waals surface area contributed by atoms with E-state index in [1.54, 1.807) is 19.3 Å². The SMILES string of the molecule is Cn1ccc(CC(CC(F)(F)F)NN)n1. The van der Waals surface area contributed by atoms with E-state index >= 15 is 0 Å². The van der Waals surface area contributed by atoms with Gasteiger partial charge in [0.1, 0.15) is 0 Å². The van der Waals surface area contributed by atoms with Crippen molar-refractivity contribution in [2.24, 2.45) is 12.9 Å². The van der Waals surface area contributed by atoms with Gasteiger partial charge in [-0.2, -0.15) is 18.3 Å². The number of nitrogens with two attached hydrogens (primary N) is 1. The molecule has 0 saturated heterocycles. The Morgan fingerprint density at radius 2 is 2.27 bits per heavy atom. The fourth-order valence-electron chi connectivity index (χ4n) is 1.29. The van der Waals surface area contributed by atoms with Gasteiger partial charge in [-0.05, 0) is 6.07 Å². The quantitative estimate of drug-likeness (QED) is 0.583. The summed E-state index contributed by atoms with van der Waals surface area (Å²) in [7, 11) is 1.71. The lowest BCUT2D eigenvalue weighted by atomic mass is 10.1. The number of aromatic nitrogens is 2. The van der Waals surface area contributed by atoms with Crippen molar-refractivity contribution in [1.82, 2.24) is 15.2 Å². The summed E-state index contributed by atoms with van der Waals surface area (Å²) in [5.41, 5.74) is 2.73. The molecular weight excluding hydrogens is 209 g/mol. The van der Waals surface area contributed by atoms with Gasteiger partial charge in [0.15, 0.2) is 0 Å². The van der Waals surface area contributed by atoms with Crippen LogP contribution >= 0.6 is 0 Å². The van der Waals surface area contributed by atoms with E-state index < -0.39 is 18.6 Å². The van der Waals surface area contributed by atoms with Crippen molar-refractivity contribution < 1.29 is 13.2 Å². The number of aryl methyl sites for hydroxylation is 1. The molecule has 0 amide bonds. The second kappa shape index (κ2) is 4.63. The Morgan fingerprint density at radius 1 is 1.60 bits per heavy atom. The lowest BCUT2D eigenvalue weighted by molar-refractivity contribution is -0.140. The van der Waals surface area contributed by atoms with E-state index in [2.05, 4.69) is 10.5 Å². The molecule has 86 valence electrons. The van der Waals surface area contributed by atoms with Crippen LogP contribution in [0.25, 0.3) is 0 Å². The average molecular weight is 222 g/mol. The predicted molar refractivity (Wildman–Crippen MR) is 48.7 cm³/mol. The van der Waals surface area contributed by atoms with E-state index in [0.29, 0.717) is 5.69 Å². The number of alkyl halides is 3. The van der Waals surface area contributed by atoms with Crippen molar-refractivity contribution in [2.45, 2.75) is 25.1 Å². The number of hydrazine groups is 1. The predicted octanol–water partition coefficient (Wildman–Crippen LogP) is 0.747. The Bertz CT molecular complexity index is 307. The Morgan fingerprint density at radius 3 is 2.67 bits per heavy atom.